The highest BCUT2D eigenvalue weighted by atomic mass is 16.2. The monoisotopic (exact) mass is 397 g/mol. The van der Waals surface area contributed by atoms with Crippen molar-refractivity contribution in [1.29, 1.82) is 0 Å². The van der Waals surface area contributed by atoms with Gasteiger partial charge in [0.15, 0.2) is 5.96 Å². The lowest BCUT2D eigenvalue weighted by molar-refractivity contribution is -0.120. The van der Waals surface area contributed by atoms with Crippen LogP contribution in [0.4, 0.5) is 11.4 Å². The summed E-state index contributed by atoms with van der Waals surface area (Å²) in [6.45, 7) is 7.09. The average Bonchev–Trinajstić information content (AvgIpc) is 3.11. The number of amides is 1. The number of nitrogens with one attached hydrogen (secondary N) is 1. The van der Waals surface area contributed by atoms with E-state index in [-0.39, 0.29) is 5.91 Å². The maximum atomic E-state index is 12.7. The summed E-state index contributed by atoms with van der Waals surface area (Å²) in [5.74, 6) is 0.830. The third-order valence-corrected chi connectivity index (χ3v) is 4.98. The van der Waals surface area contributed by atoms with Crippen LogP contribution in [0.15, 0.2) is 35.6 Å². The lowest BCUT2D eigenvalue weighted by atomic mass is 10.1. The molecule has 0 aliphatic carbocycles. The fraction of sp³-hybridized carbons (Fsp3) is 0.476. The molecule has 1 fully saturated rings. The number of hydrogen-bond donors (Lipinski definition) is 1. The predicted molar refractivity (Wildman–Crippen MR) is 117 cm³/mol. The van der Waals surface area contributed by atoms with E-state index in [1.165, 1.54) is 11.3 Å². The van der Waals surface area contributed by atoms with Crippen molar-refractivity contribution in [2.45, 2.75) is 20.4 Å². The van der Waals surface area contributed by atoms with Crippen LogP contribution in [-0.4, -0.2) is 66.8 Å². The highest BCUT2D eigenvalue weighted by Crippen LogP contribution is 2.21. The molecule has 0 radical (unpaired) electrons. The molecule has 0 unspecified atom stereocenters. The zero-order valence-corrected chi connectivity index (χ0v) is 18.0. The van der Waals surface area contributed by atoms with Crippen LogP contribution in [0.25, 0.3) is 0 Å². The first kappa shape index (κ1) is 20.7. The molecule has 1 aliphatic heterocycles. The largest absolute Gasteiger partial charge is 0.377 e. The lowest BCUT2D eigenvalue weighted by Gasteiger charge is -2.35. The molecule has 2 aromatic rings. The van der Waals surface area contributed by atoms with E-state index in [1.54, 1.807) is 15.8 Å². The molecule has 1 amide bonds. The third-order valence-electron chi connectivity index (χ3n) is 4.98. The van der Waals surface area contributed by atoms with Crippen LogP contribution in [0.1, 0.15) is 18.1 Å². The Morgan fingerprint density at radius 3 is 2.72 bits per heavy atom. The van der Waals surface area contributed by atoms with Crippen LogP contribution in [0, 0.1) is 6.92 Å². The molecule has 1 aliphatic rings. The van der Waals surface area contributed by atoms with Crippen molar-refractivity contribution in [3.05, 3.63) is 41.7 Å². The highest BCUT2D eigenvalue weighted by Gasteiger charge is 2.27. The fourth-order valence-corrected chi connectivity index (χ4v) is 3.48. The Balaban J connectivity index is 1.74. The second-order valence-corrected chi connectivity index (χ2v) is 7.54. The van der Waals surface area contributed by atoms with E-state index >= 15 is 0 Å². The Bertz CT molecular complexity index is 887. The predicted octanol–water partition coefficient (Wildman–Crippen LogP) is 1.61. The van der Waals surface area contributed by atoms with Gasteiger partial charge in [-0.15, -0.1) is 0 Å². The van der Waals surface area contributed by atoms with Crippen LogP contribution in [0.2, 0.25) is 0 Å². The van der Waals surface area contributed by atoms with Gasteiger partial charge >= 0.3 is 0 Å². The van der Waals surface area contributed by atoms with Crippen molar-refractivity contribution >= 4 is 23.2 Å². The summed E-state index contributed by atoms with van der Waals surface area (Å²) < 4.78 is 1.71. The summed E-state index contributed by atoms with van der Waals surface area (Å²) in [5.41, 5.74) is 4.40. The minimum Gasteiger partial charge on any atom is -0.377 e. The first-order valence-electron chi connectivity index (χ1n) is 9.98. The summed E-state index contributed by atoms with van der Waals surface area (Å²) in [4.78, 5) is 23.5. The van der Waals surface area contributed by atoms with Gasteiger partial charge < -0.3 is 20.0 Å². The molecule has 3 rings (SSSR count). The topological polar surface area (TPSA) is 69.0 Å². The van der Waals surface area contributed by atoms with Crippen molar-refractivity contribution in [2.75, 3.05) is 50.1 Å². The standard InChI is InChI=1S/C21H31N7O/c1-6-22-21(23-12-17-8-7-16(2)11-19(17)25(3)4)27-9-10-28(20(29)15-27)18-13-24-26(5)14-18/h7-8,11,13-14H,6,9-10,12,15H2,1-5H3,(H,22,23). The quantitative estimate of drug-likeness (QED) is 0.613. The van der Waals surface area contributed by atoms with Crippen molar-refractivity contribution in [2.24, 2.45) is 12.0 Å². The van der Waals surface area contributed by atoms with E-state index < -0.39 is 0 Å². The van der Waals surface area contributed by atoms with Gasteiger partial charge in [0, 0.05) is 52.7 Å². The molecule has 0 saturated carbocycles. The summed E-state index contributed by atoms with van der Waals surface area (Å²) in [6, 6.07) is 6.41. The molecule has 0 bridgehead atoms. The van der Waals surface area contributed by atoms with Gasteiger partial charge in [0.2, 0.25) is 5.91 Å². The number of aromatic nitrogens is 2. The number of hydrogen-bond acceptors (Lipinski definition) is 4. The maximum Gasteiger partial charge on any atom is 0.246 e. The summed E-state index contributed by atoms with van der Waals surface area (Å²) in [5, 5.41) is 7.51. The van der Waals surface area contributed by atoms with Gasteiger partial charge in [0.05, 0.1) is 18.4 Å². The van der Waals surface area contributed by atoms with Crippen molar-refractivity contribution in [1.82, 2.24) is 20.0 Å². The summed E-state index contributed by atoms with van der Waals surface area (Å²) in [6.07, 6.45) is 3.60. The fourth-order valence-electron chi connectivity index (χ4n) is 3.48. The Hall–Kier alpha value is -3.03. The van der Waals surface area contributed by atoms with E-state index in [0.29, 0.717) is 19.6 Å². The van der Waals surface area contributed by atoms with E-state index in [9.17, 15) is 4.79 Å². The number of guanidine groups is 1. The van der Waals surface area contributed by atoms with Gasteiger partial charge in [0.25, 0.3) is 0 Å². The van der Waals surface area contributed by atoms with Crippen LogP contribution in [0.3, 0.4) is 0 Å². The van der Waals surface area contributed by atoms with Gasteiger partial charge in [-0.25, -0.2) is 4.99 Å². The van der Waals surface area contributed by atoms with E-state index in [0.717, 1.165) is 30.3 Å². The number of carbonyl (C=O) groups excluding carboxylic acids is 1. The Morgan fingerprint density at radius 1 is 1.31 bits per heavy atom. The van der Waals surface area contributed by atoms with Crippen molar-refractivity contribution in [3.63, 3.8) is 0 Å². The Kier molecular flexibility index (Phi) is 6.41. The van der Waals surface area contributed by atoms with Gasteiger partial charge in [-0.2, -0.15) is 5.10 Å². The molecule has 8 heteroatoms. The van der Waals surface area contributed by atoms with E-state index in [1.807, 2.05) is 39.2 Å². The molecule has 8 nitrogen and oxygen atoms in total. The van der Waals surface area contributed by atoms with Crippen LogP contribution >= 0.6 is 0 Å². The van der Waals surface area contributed by atoms with Crippen molar-refractivity contribution in [3.8, 4) is 0 Å². The minimum atomic E-state index is 0.0548. The number of carbonyl (C=O) groups is 1. The maximum absolute atomic E-state index is 12.7. The second kappa shape index (κ2) is 8.98. The number of benzene rings is 1. The van der Waals surface area contributed by atoms with Crippen molar-refractivity contribution < 1.29 is 4.79 Å². The molecule has 1 aromatic heterocycles. The zero-order chi connectivity index (χ0) is 21.0. The molecule has 156 valence electrons. The number of piperazine rings is 1. The van der Waals surface area contributed by atoms with Gasteiger partial charge in [-0.1, -0.05) is 12.1 Å². The van der Waals surface area contributed by atoms with Crippen LogP contribution in [0.5, 0.6) is 0 Å². The van der Waals surface area contributed by atoms with Gasteiger partial charge in [-0.3, -0.25) is 9.48 Å². The molecule has 1 N–H and O–H groups in total. The minimum absolute atomic E-state index is 0.0548. The molecule has 2 heterocycles. The zero-order valence-electron chi connectivity index (χ0n) is 18.0. The normalized spacial score (nSPS) is 15.1. The smallest absolute Gasteiger partial charge is 0.246 e. The molecule has 1 aromatic carbocycles. The summed E-state index contributed by atoms with van der Waals surface area (Å²) >= 11 is 0. The van der Waals surface area contributed by atoms with Crippen LogP contribution < -0.4 is 15.1 Å². The van der Waals surface area contributed by atoms with E-state index in [4.69, 9.17) is 4.99 Å². The van der Waals surface area contributed by atoms with Gasteiger partial charge in [-0.05, 0) is 31.0 Å². The number of nitrogens with zero attached hydrogens (tertiary/aromatic N) is 6. The van der Waals surface area contributed by atoms with Crippen LogP contribution in [-0.2, 0) is 18.4 Å². The van der Waals surface area contributed by atoms with E-state index in [2.05, 4.69) is 40.4 Å². The molecule has 1 saturated heterocycles. The molecular weight excluding hydrogens is 366 g/mol. The first-order valence-corrected chi connectivity index (χ1v) is 9.98. The number of aliphatic imine (C=N–C) groups is 1. The second-order valence-electron chi connectivity index (χ2n) is 7.54. The third kappa shape index (κ3) is 4.88. The number of aryl methyl sites for hydroxylation is 2. The Labute approximate surface area is 172 Å². The average molecular weight is 398 g/mol. The molecule has 29 heavy (non-hydrogen) atoms. The first-order chi connectivity index (χ1) is 13.9. The highest BCUT2D eigenvalue weighted by molar-refractivity contribution is 5.98. The number of anilines is 2. The SMILES string of the molecule is CCNC(=NCc1ccc(C)cc1N(C)C)N1CCN(c2cnn(C)c2)C(=O)C1. The molecular formula is C21H31N7O. The molecule has 0 atom stereocenters. The van der Waals surface area contributed by atoms with Gasteiger partial charge in [0.1, 0.15) is 6.54 Å². The molecule has 0 spiro atoms. The number of rotatable bonds is 5. The lowest BCUT2D eigenvalue weighted by Crippen LogP contribution is -2.55. The summed E-state index contributed by atoms with van der Waals surface area (Å²) in [7, 11) is 5.94. The Morgan fingerprint density at radius 2 is 2.10 bits per heavy atom.